The van der Waals surface area contributed by atoms with E-state index in [1.807, 2.05) is 0 Å². The lowest BCUT2D eigenvalue weighted by molar-refractivity contribution is 0.0771. The summed E-state index contributed by atoms with van der Waals surface area (Å²) in [5.74, 6) is -0.648. The third-order valence-corrected chi connectivity index (χ3v) is 3.82. The molecule has 0 radical (unpaired) electrons. The quantitative estimate of drug-likeness (QED) is 0.918. The van der Waals surface area contributed by atoms with Gasteiger partial charge in [0, 0.05) is 13.1 Å². The molecule has 1 unspecified atom stereocenters. The minimum atomic E-state index is -0.501. The standard InChI is InChI=1S/C15H21FN2O2/c1-3-20-13-11(5-4-6-12(13)16)14(19)18-8-7-15(2,9-17)10-18/h4-6H,3,7-10,17H2,1-2H3. The summed E-state index contributed by atoms with van der Waals surface area (Å²) in [6.45, 7) is 5.94. The summed E-state index contributed by atoms with van der Waals surface area (Å²) in [5, 5.41) is 0. The maximum Gasteiger partial charge on any atom is 0.257 e. The minimum Gasteiger partial charge on any atom is -0.490 e. The molecule has 110 valence electrons. The van der Waals surface area contributed by atoms with E-state index >= 15 is 0 Å². The Hall–Kier alpha value is -1.62. The van der Waals surface area contributed by atoms with E-state index in [1.165, 1.54) is 12.1 Å². The van der Waals surface area contributed by atoms with Crippen molar-refractivity contribution in [3.63, 3.8) is 0 Å². The molecule has 0 saturated carbocycles. The predicted octanol–water partition coefficient (Wildman–Crippen LogP) is 2.04. The lowest BCUT2D eigenvalue weighted by Crippen LogP contribution is -2.34. The van der Waals surface area contributed by atoms with Crippen LogP contribution in [0.4, 0.5) is 4.39 Å². The number of carbonyl (C=O) groups excluding carboxylic acids is 1. The zero-order valence-corrected chi connectivity index (χ0v) is 12.0. The van der Waals surface area contributed by atoms with Crippen molar-refractivity contribution >= 4 is 5.91 Å². The molecule has 1 aliphatic rings. The average molecular weight is 280 g/mol. The summed E-state index contributed by atoms with van der Waals surface area (Å²) in [7, 11) is 0. The van der Waals surface area contributed by atoms with Crippen molar-refractivity contribution in [3.05, 3.63) is 29.6 Å². The highest BCUT2D eigenvalue weighted by Gasteiger charge is 2.36. The van der Waals surface area contributed by atoms with Crippen LogP contribution in [0, 0.1) is 11.2 Å². The van der Waals surface area contributed by atoms with Crippen molar-refractivity contribution in [1.29, 1.82) is 0 Å². The summed E-state index contributed by atoms with van der Waals surface area (Å²) in [6, 6.07) is 4.44. The van der Waals surface area contributed by atoms with Crippen LogP contribution in [0.2, 0.25) is 0 Å². The Bertz CT molecular complexity index is 507. The molecular weight excluding hydrogens is 259 g/mol. The number of halogens is 1. The highest BCUT2D eigenvalue weighted by Crippen LogP contribution is 2.31. The van der Waals surface area contributed by atoms with E-state index in [0.29, 0.717) is 26.2 Å². The van der Waals surface area contributed by atoms with Gasteiger partial charge in [-0.1, -0.05) is 13.0 Å². The van der Waals surface area contributed by atoms with Gasteiger partial charge in [-0.3, -0.25) is 4.79 Å². The number of hydrogen-bond donors (Lipinski definition) is 1. The van der Waals surface area contributed by atoms with Gasteiger partial charge in [-0.15, -0.1) is 0 Å². The monoisotopic (exact) mass is 280 g/mol. The summed E-state index contributed by atoms with van der Waals surface area (Å²) < 4.78 is 19.1. The Kier molecular flexibility index (Phi) is 4.28. The number of likely N-dealkylation sites (tertiary alicyclic amines) is 1. The van der Waals surface area contributed by atoms with Crippen LogP contribution in [0.3, 0.4) is 0 Å². The van der Waals surface area contributed by atoms with Crippen LogP contribution >= 0.6 is 0 Å². The van der Waals surface area contributed by atoms with E-state index in [1.54, 1.807) is 17.9 Å². The number of benzene rings is 1. The molecule has 2 rings (SSSR count). The molecule has 1 saturated heterocycles. The fourth-order valence-corrected chi connectivity index (χ4v) is 2.50. The van der Waals surface area contributed by atoms with Crippen LogP contribution in [0.25, 0.3) is 0 Å². The second-order valence-electron chi connectivity index (χ2n) is 5.54. The van der Waals surface area contributed by atoms with Gasteiger partial charge in [0.05, 0.1) is 12.2 Å². The first-order valence-corrected chi connectivity index (χ1v) is 6.91. The molecule has 1 amide bonds. The minimum absolute atomic E-state index is 0.0429. The molecule has 4 nitrogen and oxygen atoms in total. The van der Waals surface area contributed by atoms with Gasteiger partial charge in [0.15, 0.2) is 11.6 Å². The summed E-state index contributed by atoms with van der Waals surface area (Å²) in [4.78, 5) is 14.3. The van der Waals surface area contributed by atoms with Crippen molar-refractivity contribution < 1.29 is 13.9 Å². The molecule has 5 heteroatoms. The lowest BCUT2D eigenvalue weighted by atomic mass is 9.90. The molecule has 1 aliphatic heterocycles. The highest BCUT2D eigenvalue weighted by molar-refractivity contribution is 5.97. The van der Waals surface area contributed by atoms with Crippen LogP contribution in [-0.2, 0) is 0 Å². The van der Waals surface area contributed by atoms with Crippen molar-refractivity contribution in [3.8, 4) is 5.75 Å². The second-order valence-corrected chi connectivity index (χ2v) is 5.54. The second kappa shape index (κ2) is 5.79. The fraction of sp³-hybridized carbons (Fsp3) is 0.533. The zero-order chi connectivity index (χ0) is 14.8. The van der Waals surface area contributed by atoms with E-state index in [4.69, 9.17) is 10.5 Å². The SMILES string of the molecule is CCOc1c(F)cccc1C(=O)N1CCC(C)(CN)C1. The lowest BCUT2D eigenvalue weighted by Gasteiger charge is -2.23. The fourth-order valence-electron chi connectivity index (χ4n) is 2.50. The highest BCUT2D eigenvalue weighted by atomic mass is 19.1. The molecule has 2 N–H and O–H groups in total. The van der Waals surface area contributed by atoms with Gasteiger partial charge in [0.2, 0.25) is 0 Å². The molecule has 1 fully saturated rings. The number of rotatable bonds is 4. The maximum atomic E-state index is 13.8. The molecule has 0 spiro atoms. The van der Waals surface area contributed by atoms with Crippen LogP contribution < -0.4 is 10.5 Å². The molecule has 1 aromatic carbocycles. The van der Waals surface area contributed by atoms with Gasteiger partial charge in [-0.25, -0.2) is 4.39 Å². The molecule has 1 aromatic rings. The van der Waals surface area contributed by atoms with Crippen LogP contribution in [-0.4, -0.2) is 37.0 Å². The molecule has 0 aliphatic carbocycles. The Balaban J connectivity index is 2.24. The van der Waals surface area contributed by atoms with E-state index < -0.39 is 5.82 Å². The normalized spacial score (nSPS) is 22.1. The van der Waals surface area contributed by atoms with Gasteiger partial charge < -0.3 is 15.4 Å². The van der Waals surface area contributed by atoms with Crippen molar-refractivity contribution in [2.45, 2.75) is 20.3 Å². The van der Waals surface area contributed by atoms with E-state index in [0.717, 1.165) is 6.42 Å². The van der Waals surface area contributed by atoms with E-state index in [9.17, 15) is 9.18 Å². The maximum absolute atomic E-state index is 13.8. The first-order chi connectivity index (χ1) is 9.50. The Morgan fingerprint density at radius 2 is 2.30 bits per heavy atom. The summed E-state index contributed by atoms with van der Waals surface area (Å²) in [6.07, 6.45) is 0.870. The Morgan fingerprint density at radius 1 is 1.55 bits per heavy atom. The average Bonchev–Trinajstić information content (AvgIpc) is 2.84. The van der Waals surface area contributed by atoms with Crippen LogP contribution in [0.1, 0.15) is 30.6 Å². The summed E-state index contributed by atoms with van der Waals surface area (Å²) >= 11 is 0. The number of amides is 1. The number of hydrogen-bond acceptors (Lipinski definition) is 3. The molecule has 0 aromatic heterocycles. The summed E-state index contributed by atoms with van der Waals surface area (Å²) in [5.41, 5.74) is 5.99. The molecule has 0 bridgehead atoms. The largest absolute Gasteiger partial charge is 0.490 e. The number of ether oxygens (including phenoxy) is 1. The number of para-hydroxylation sites is 1. The van der Waals surface area contributed by atoms with Gasteiger partial charge in [-0.05, 0) is 37.4 Å². The Labute approximate surface area is 118 Å². The number of nitrogens with zero attached hydrogens (tertiary/aromatic N) is 1. The van der Waals surface area contributed by atoms with Crippen molar-refractivity contribution in [2.24, 2.45) is 11.1 Å². The van der Waals surface area contributed by atoms with Gasteiger partial charge in [0.25, 0.3) is 5.91 Å². The molecule has 1 heterocycles. The Morgan fingerprint density at radius 3 is 2.90 bits per heavy atom. The third-order valence-electron chi connectivity index (χ3n) is 3.82. The predicted molar refractivity (Wildman–Crippen MR) is 75.3 cm³/mol. The van der Waals surface area contributed by atoms with Crippen LogP contribution in [0.5, 0.6) is 5.75 Å². The van der Waals surface area contributed by atoms with Gasteiger partial charge in [0.1, 0.15) is 0 Å². The number of carbonyl (C=O) groups is 1. The van der Waals surface area contributed by atoms with E-state index in [-0.39, 0.29) is 22.6 Å². The molecule has 1 atom stereocenters. The third kappa shape index (κ3) is 2.77. The van der Waals surface area contributed by atoms with E-state index in [2.05, 4.69) is 6.92 Å². The van der Waals surface area contributed by atoms with Gasteiger partial charge in [-0.2, -0.15) is 0 Å². The number of nitrogens with two attached hydrogens (primary N) is 1. The van der Waals surface area contributed by atoms with Gasteiger partial charge >= 0.3 is 0 Å². The van der Waals surface area contributed by atoms with Crippen molar-refractivity contribution in [2.75, 3.05) is 26.2 Å². The zero-order valence-electron chi connectivity index (χ0n) is 12.0. The first kappa shape index (κ1) is 14.8. The first-order valence-electron chi connectivity index (χ1n) is 6.91. The van der Waals surface area contributed by atoms with Crippen molar-refractivity contribution in [1.82, 2.24) is 4.90 Å². The smallest absolute Gasteiger partial charge is 0.257 e. The molecular formula is C15H21FN2O2. The van der Waals surface area contributed by atoms with Crippen LogP contribution in [0.15, 0.2) is 18.2 Å². The molecule has 20 heavy (non-hydrogen) atoms. The topological polar surface area (TPSA) is 55.6 Å².